The molecule has 2 rings (SSSR count). The van der Waals surface area contributed by atoms with Gasteiger partial charge in [-0.25, -0.2) is 0 Å². The van der Waals surface area contributed by atoms with Crippen LogP contribution in [-0.4, -0.2) is 0 Å². The highest BCUT2D eigenvalue weighted by Gasteiger charge is 2.12. The monoisotopic (exact) mass is 366 g/mol. The molecule has 0 heterocycles. The molecule has 0 spiro atoms. The maximum atomic E-state index is 3.81. The summed E-state index contributed by atoms with van der Waals surface area (Å²) >= 11 is 7.39. The summed E-state index contributed by atoms with van der Waals surface area (Å²) in [6, 6.07) is 15.1. The van der Waals surface area contributed by atoms with Gasteiger partial charge in [0.15, 0.2) is 0 Å². The van der Waals surface area contributed by atoms with Gasteiger partial charge in [0, 0.05) is 9.30 Å². The lowest BCUT2D eigenvalue weighted by Gasteiger charge is -2.14. The zero-order valence-electron chi connectivity index (χ0n) is 10.6. The first kappa shape index (κ1) is 13.8. The summed E-state index contributed by atoms with van der Waals surface area (Å²) in [6.45, 7) is 4.27. The van der Waals surface area contributed by atoms with Gasteiger partial charge in [0.2, 0.25) is 0 Å². The van der Waals surface area contributed by atoms with E-state index in [2.05, 4.69) is 88.2 Å². The lowest BCUT2D eigenvalue weighted by Crippen LogP contribution is -1.98. The Morgan fingerprint density at radius 2 is 1.67 bits per heavy atom. The first-order chi connectivity index (χ1) is 8.58. The quantitative estimate of drug-likeness (QED) is 0.606. The molecule has 2 heteroatoms. The van der Waals surface area contributed by atoms with Crippen LogP contribution in [0.25, 0.3) is 0 Å². The summed E-state index contributed by atoms with van der Waals surface area (Å²) in [5.41, 5.74) is 5.33. The average Bonchev–Trinajstić information content (AvgIpc) is 2.35. The lowest BCUT2D eigenvalue weighted by molar-refractivity contribution is 0.935. The van der Waals surface area contributed by atoms with E-state index in [0.29, 0.717) is 4.83 Å². The van der Waals surface area contributed by atoms with Crippen molar-refractivity contribution >= 4 is 31.9 Å². The van der Waals surface area contributed by atoms with Crippen molar-refractivity contribution < 1.29 is 0 Å². The van der Waals surface area contributed by atoms with Crippen molar-refractivity contribution in [1.29, 1.82) is 0 Å². The summed E-state index contributed by atoms with van der Waals surface area (Å²) in [5, 5.41) is 0. The molecule has 2 aromatic carbocycles. The maximum Gasteiger partial charge on any atom is 0.0438 e. The fourth-order valence-electron chi connectivity index (χ4n) is 2.00. The molecular formula is C16H16Br2. The van der Waals surface area contributed by atoms with Crippen LogP contribution >= 0.6 is 31.9 Å². The minimum Gasteiger partial charge on any atom is -0.0835 e. The maximum absolute atomic E-state index is 3.81. The molecule has 0 bridgehead atoms. The second kappa shape index (κ2) is 6.03. The average molecular weight is 368 g/mol. The summed E-state index contributed by atoms with van der Waals surface area (Å²) in [4.78, 5) is 0.359. The second-order valence-electron chi connectivity index (χ2n) is 4.61. The minimum absolute atomic E-state index is 0.359. The molecule has 0 fully saturated rings. The fourth-order valence-corrected chi connectivity index (χ4v) is 3.26. The van der Waals surface area contributed by atoms with E-state index in [9.17, 15) is 0 Å². The number of benzene rings is 2. The Morgan fingerprint density at radius 1 is 1.00 bits per heavy atom. The summed E-state index contributed by atoms with van der Waals surface area (Å²) < 4.78 is 1.17. The van der Waals surface area contributed by atoms with Gasteiger partial charge >= 0.3 is 0 Å². The van der Waals surface area contributed by atoms with Gasteiger partial charge in [0.25, 0.3) is 0 Å². The molecule has 0 nitrogen and oxygen atoms in total. The summed E-state index contributed by atoms with van der Waals surface area (Å²) in [5.74, 6) is 0. The van der Waals surface area contributed by atoms with Crippen LogP contribution in [0.2, 0.25) is 0 Å². The van der Waals surface area contributed by atoms with Gasteiger partial charge in [-0.2, -0.15) is 0 Å². The molecule has 0 N–H and O–H groups in total. The van der Waals surface area contributed by atoms with E-state index in [1.165, 1.54) is 26.7 Å². The van der Waals surface area contributed by atoms with Crippen molar-refractivity contribution in [1.82, 2.24) is 0 Å². The molecule has 1 atom stereocenters. The molecule has 94 valence electrons. The highest BCUT2D eigenvalue weighted by atomic mass is 79.9. The Morgan fingerprint density at radius 3 is 2.33 bits per heavy atom. The van der Waals surface area contributed by atoms with Gasteiger partial charge in [-0.3, -0.25) is 0 Å². The van der Waals surface area contributed by atoms with Crippen LogP contribution in [0.3, 0.4) is 0 Å². The van der Waals surface area contributed by atoms with Gasteiger partial charge in [0.05, 0.1) is 0 Å². The van der Waals surface area contributed by atoms with E-state index in [1.54, 1.807) is 0 Å². The van der Waals surface area contributed by atoms with Gasteiger partial charge < -0.3 is 0 Å². The van der Waals surface area contributed by atoms with Crippen molar-refractivity contribution in [2.24, 2.45) is 0 Å². The van der Waals surface area contributed by atoms with Crippen molar-refractivity contribution in [3.63, 3.8) is 0 Å². The number of halogens is 2. The molecular weight excluding hydrogens is 352 g/mol. The highest BCUT2D eigenvalue weighted by Crippen LogP contribution is 2.32. The summed E-state index contributed by atoms with van der Waals surface area (Å²) in [6.07, 6.45) is 1.01. The minimum atomic E-state index is 0.359. The molecule has 0 saturated heterocycles. The number of alkyl halides is 1. The topological polar surface area (TPSA) is 0 Å². The van der Waals surface area contributed by atoms with Gasteiger partial charge in [-0.15, -0.1) is 0 Å². The van der Waals surface area contributed by atoms with E-state index < -0.39 is 0 Å². The van der Waals surface area contributed by atoms with E-state index >= 15 is 0 Å². The number of hydrogen-bond acceptors (Lipinski definition) is 0. The SMILES string of the molecule is Cc1ccc(CC(Br)c2cccc(Br)c2C)cc1. The number of rotatable bonds is 3. The van der Waals surface area contributed by atoms with Crippen LogP contribution in [0.4, 0.5) is 0 Å². The Kier molecular flexibility index (Phi) is 4.63. The molecule has 0 aliphatic rings. The van der Waals surface area contributed by atoms with Gasteiger partial charge in [-0.05, 0) is 43.0 Å². The lowest BCUT2D eigenvalue weighted by atomic mass is 10.00. The van der Waals surface area contributed by atoms with E-state index in [1.807, 2.05) is 0 Å². The molecule has 0 aliphatic carbocycles. The number of hydrogen-bond donors (Lipinski definition) is 0. The molecule has 2 aromatic rings. The molecule has 0 radical (unpaired) electrons. The summed E-state index contributed by atoms with van der Waals surface area (Å²) in [7, 11) is 0. The smallest absolute Gasteiger partial charge is 0.0438 e. The van der Waals surface area contributed by atoms with Crippen molar-refractivity contribution in [2.45, 2.75) is 25.1 Å². The zero-order chi connectivity index (χ0) is 13.1. The van der Waals surface area contributed by atoms with Crippen LogP contribution in [0, 0.1) is 13.8 Å². The Labute approximate surface area is 126 Å². The third kappa shape index (κ3) is 3.24. The van der Waals surface area contributed by atoms with Crippen molar-refractivity contribution in [2.75, 3.05) is 0 Å². The van der Waals surface area contributed by atoms with E-state index in [-0.39, 0.29) is 0 Å². The molecule has 1 unspecified atom stereocenters. The van der Waals surface area contributed by atoms with Crippen LogP contribution in [-0.2, 0) is 6.42 Å². The van der Waals surface area contributed by atoms with E-state index in [4.69, 9.17) is 0 Å². The third-order valence-corrected chi connectivity index (χ3v) is 4.86. The Bertz CT molecular complexity index is 529. The molecule has 18 heavy (non-hydrogen) atoms. The van der Waals surface area contributed by atoms with Crippen LogP contribution in [0.1, 0.15) is 27.1 Å². The zero-order valence-corrected chi connectivity index (χ0v) is 13.8. The normalized spacial score (nSPS) is 12.4. The predicted molar refractivity (Wildman–Crippen MR) is 85.4 cm³/mol. The molecule has 0 aliphatic heterocycles. The molecule has 0 amide bonds. The standard InChI is InChI=1S/C16H16Br2/c1-11-6-8-13(9-7-11)10-16(18)14-4-3-5-15(17)12(14)2/h3-9,16H,10H2,1-2H3. The van der Waals surface area contributed by atoms with Crippen LogP contribution in [0.15, 0.2) is 46.9 Å². The fraction of sp³-hybridized carbons (Fsp3) is 0.250. The van der Waals surface area contributed by atoms with Crippen LogP contribution in [0.5, 0.6) is 0 Å². The van der Waals surface area contributed by atoms with E-state index in [0.717, 1.165) is 6.42 Å². The number of aryl methyl sites for hydroxylation is 1. The Balaban J connectivity index is 2.19. The first-order valence-electron chi connectivity index (χ1n) is 6.02. The molecule has 0 aromatic heterocycles. The second-order valence-corrected chi connectivity index (χ2v) is 6.57. The molecule has 0 saturated carbocycles. The predicted octanol–water partition coefficient (Wildman–Crippen LogP) is 5.74. The Hall–Kier alpha value is -0.600. The first-order valence-corrected chi connectivity index (χ1v) is 7.73. The van der Waals surface area contributed by atoms with Gasteiger partial charge in [0.1, 0.15) is 0 Å². The van der Waals surface area contributed by atoms with Crippen molar-refractivity contribution in [3.05, 3.63) is 69.2 Å². The van der Waals surface area contributed by atoms with Crippen molar-refractivity contribution in [3.8, 4) is 0 Å². The largest absolute Gasteiger partial charge is 0.0835 e. The third-order valence-electron chi connectivity index (χ3n) is 3.18. The van der Waals surface area contributed by atoms with Gasteiger partial charge in [-0.1, -0.05) is 73.8 Å². The van der Waals surface area contributed by atoms with Crippen LogP contribution < -0.4 is 0 Å². The highest BCUT2D eigenvalue weighted by molar-refractivity contribution is 9.10.